The third-order valence-electron chi connectivity index (χ3n) is 5.09. The van der Waals surface area contributed by atoms with Crippen molar-refractivity contribution >= 4 is 34.5 Å². The number of hydrogen-bond donors (Lipinski definition) is 1. The first kappa shape index (κ1) is 21.2. The molecule has 168 valence electrons. The van der Waals surface area contributed by atoms with Gasteiger partial charge in [-0.1, -0.05) is 42.1 Å². The molecular formula is C22H21N6O4S+. The van der Waals surface area contributed by atoms with Crippen LogP contribution in [0.15, 0.2) is 75.3 Å². The van der Waals surface area contributed by atoms with Crippen LogP contribution < -0.4 is 20.7 Å². The predicted molar refractivity (Wildman–Crippen MR) is 122 cm³/mol. The lowest BCUT2D eigenvalue weighted by Gasteiger charge is -2.18. The number of thioether (sulfide) groups is 1. The molecule has 0 saturated carbocycles. The zero-order valence-electron chi connectivity index (χ0n) is 17.6. The van der Waals surface area contributed by atoms with Crippen LogP contribution in [0.25, 0.3) is 16.6 Å². The molecule has 1 aliphatic heterocycles. The molecule has 1 saturated heterocycles. The lowest BCUT2D eigenvalue weighted by molar-refractivity contribution is -0.759. The number of rotatable bonds is 6. The Hall–Kier alpha value is -3.70. The standard InChI is InChI=1S/C22H20N6O4S/c29-19(24-20-14-27(25-32-20)26-10-12-31-13-11-26)15-33-22-23-18-9-5-4-8-17(18)21(30)28(22)16-6-2-1-3-7-16/h1-9,14H,10-13,15H2/p+1. The van der Waals surface area contributed by atoms with E-state index in [1.807, 2.05) is 47.5 Å². The van der Waals surface area contributed by atoms with E-state index in [-0.39, 0.29) is 23.1 Å². The van der Waals surface area contributed by atoms with E-state index in [9.17, 15) is 9.59 Å². The van der Waals surface area contributed by atoms with E-state index in [4.69, 9.17) is 9.26 Å². The van der Waals surface area contributed by atoms with Gasteiger partial charge in [-0.15, -0.1) is 5.01 Å². The summed E-state index contributed by atoms with van der Waals surface area (Å²) < 4.78 is 12.1. The molecule has 0 aliphatic carbocycles. The van der Waals surface area contributed by atoms with Gasteiger partial charge in [0.25, 0.3) is 11.8 Å². The number of aromatic nitrogens is 4. The molecule has 0 bridgehead atoms. The number of carbonyl (C=O) groups is 1. The molecule has 11 heteroatoms. The van der Waals surface area contributed by atoms with E-state index in [1.165, 1.54) is 16.3 Å². The van der Waals surface area contributed by atoms with Crippen molar-refractivity contribution in [1.82, 2.24) is 14.8 Å². The lowest BCUT2D eigenvalue weighted by Crippen LogP contribution is -2.62. The fourth-order valence-electron chi connectivity index (χ4n) is 3.50. The smallest absolute Gasteiger partial charge is 0.305 e. The second-order valence-corrected chi connectivity index (χ2v) is 8.22. The van der Waals surface area contributed by atoms with Crippen LogP contribution in [0.2, 0.25) is 0 Å². The number of para-hydroxylation sites is 2. The highest BCUT2D eigenvalue weighted by atomic mass is 32.2. The first-order valence-corrected chi connectivity index (χ1v) is 11.4. The molecule has 2 aromatic carbocycles. The Balaban J connectivity index is 1.34. The Bertz CT molecular complexity index is 1330. The van der Waals surface area contributed by atoms with Crippen molar-refractivity contribution in [2.75, 3.05) is 42.4 Å². The summed E-state index contributed by atoms with van der Waals surface area (Å²) in [5.74, 6) is -0.0260. The van der Waals surface area contributed by atoms with Gasteiger partial charge in [-0.25, -0.2) is 4.98 Å². The molecule has 1 fully saturated rings. The van der Waals surface area contributed by atoms with E-state index in [1.54, 1.807) is 23.1 Å². The summed E-state index contributed by atoms with van der Waals surface area (Å²) in [7, 11) is 0. The maximum atomic E-state index is 13.2. The fourth-order valence-corrected chi connectivity index (χ4v) is 4.32. The average molecular weight is 466 g/mol. The highest BCUT2D eigenvalue weighted by Crippen LogP contribution is 2.21. The second-order valence-electron chi connectivity index (χ2n) is 7.28. The second kappa shape index (κ2) is 9.43. The number of anilines is 1. The minimum Gasteiger partial charge on any atom is -0.377 e. The predicted octanol–water partition coefficient (Wildman–Crippen LogP) is 1.36. The SMILES string of the molecule is O=C(CSc1nc2ccccc2c(=O)n1-c1ccccc1)Nc1c[n+](N2CCOCC2)no1. The van der Waals surface area contributed by atoms with Crippen molar-refractivity contribution in [3.63, 3.8) is 0 Å². The van der Waals surface area contributed by atoms with Crippen LogP contribution in [0.1, 0.15) is 0 Å². The Morgan fingerprint density at radius 1 is 1.09 bits per heavy atom. The van der Waals surface area contributed by atoms with Gasteiger partial charge < -0.3 is 4.74 Å². The topological polar surface area (TPSA) is 106 Å². The summed E-state index contributed by atoms with van der Waals surface area (Å²) in [6, 6.07) is 16.4. The van der Waals surface area contributed by atoms with E-state index in [0.717, 1.165) is 0 Å². The normalized spacial score (nSPS) is 13.9. The van der Waals surface area contributed by atoms with Crippen molar-refractivity contribution < 1.29 is 18.8 Å². The van der Waals surface area contributed by atoms with Crippen LogP contribution in [-0.4, -0.2) is 52.8 Å². The zero-order chi connectivity index (χ0) is 22.6. The summed E-state index contributed by atoms with van der Waals surface area (Å²) in [4.78, 5) is 32.0. The van der Waals surface area contributed by atoms with Gasteiger partial charge in [-0.3, -0.25) is 24.0 Å². The van der Waals surface area contributed by atoms with Crippen LogP contribution in [0.5, 0.6) is 0 Å². The van der Waals surface area contributed by atoms with Crippen molar-refractivity contribution in [2.24, 2.45) is 0 Å². The van der Waals surface area contributed by atoms with Crippen molar-refractivity contribution in [3.05, 3.63) is 71.1 Å². The van der Waals surface area contributed by atoms with Crippen LogP contribution in [-0.2, 0) is 9.53 Å². The third-order valence-corrected chi connectivity index (χ3v) is 6.03. The Labute approximate surface area is 192 Å². The molecule has 1 aliphatic rings. The molecule has 2 aromatic heterocycles. The number of carbonyl (C=O) groups excluding carboxylic acids is 1. The highest BCUT2D eigenvalue weighted by Gasteiger charge is 2.24. The number of nitrogens with one attached hydrogen (secondary N) is 1. The quantitative estimate of drug-likeness (QED) is 0.259. The Morgan fingerprint density at radius 2 is 1.85 bits per heavy atom. The fraction of sp³-hybridized carbons (Fsp3) is 0.227. The largest absolute Gasteiger partial charge is 0.377 e. The molecular weight excluding hydrogens is 444 g/mol. The molecule has 1 N–H and O–H groups in total. The van der Waals surface area contributed by atoms with Crippen molar-refractivity contribution in [2.45, 2.75) is 5.16 Å². The number of nitrogens with zero attached hydrogens (tertiary/aromatic N) is 5. The first-order valence-electron chi connectivity index (χ1n) is 10.4. The van der Waals surface area contributed by atoms with Gasteiger partial charge >= 0.3 is 5.88 Å². The molecule has 5 rings (SSSR count). The maximum absolute atomic E-state index is 13.2. The molecule has 0 radical (unpaired) electrons. The van der Waals surface area contributed by atoms with Gasteiger partial charge in [0.05, 0.1) is 53.4 Å². The monoisotopic (exact) mass is 465 g/mol. The third kappa shape index (κ3) is 4.59. The van der Waals surface area contributed by atoms with E-state index < -0.39 is 0 Å². The first-order chi connectivity index (χ1) is 16.2. The average Bonchev–Trinajstić information content (AvgIpc) is 3.32. The number of amides is 1. The molecule has 0 atom stereocenters. The van der Waals surface area contributed by atoms with Gasteiger partial charge in [0.2, 0.25) is 11.2 Å². The summed E-state index contributed by atoms with van der Waals surface area (Å²) in [6.07, 6.45) is 1.61. The molecule has 10 nitrogen and oxygen atoms in total. The van der Waals surface area contributed by atoms with Crippen molar-refractivity contribution in [1.29, 1.82) is 0 Å². The summed E-state index contributed by atoms with van der Waals surface area (Å²) in [5, 5.41) is 9.55. The Morgan fingerprint density at radius 3 is 2.67 bits per heavy atom. The summed E-state index contributed by atoms with van der Waals surface area (Å²) >= 11 is 1.18. The van der Waals surface area contributed by atoms with Gasteiger partial charge in [-0.2, -0.15) is 0 Å². The van der Waals surface area contributed by atoms with Crippen LogP contribution in [0.4, 0.5) is 5.88 Å². The summed E-state index contributed by atoms with van der Waals surface area (Å²) in [6.45, 7) is 2.59. The molecule has 0 unspecified atom stereocenters. The number of fused-ring (bicyclic) bond motifs is 1. The van der Waals surface area contributed by atoms with Crippen LogP contribution in [0.3, 0.4) is 0 Å². The van der Waals surface area contributed by atoms with Crippen LogP contribution in [0, 0.1) is 0 Å². The molecule has 1 amide bonds. The number of morpholine rings is 1. The van der Waals surface area contributed by atoms with Gasteiger partial charge in [-0.05, 0) is 24.3 Å². The van der Waals surface area contributed by atoms with E-state index >= 15 is 0 Å². The van der Waals surface area contributed by atoms with Crippen LogP contribution >= 0.6 is 11.8 Å². The molecule has 3 heterocycles. The zero-order valence-corrected chi connectivity index (χ0v) is 18.4. The minimum absolute atomic E-state index is 0.0376. The highest BCUT2D eigenvalue weighted by molar-refractivity contribution is 7.99. The van der Waals surface area contributed by atoms with E-state index in [0.29, 0.717) is 48.1 Å². The van der Waals surface area contributed by atoms with Gasteiger partial charge in [0.15, 0.2) is 5.16 Å². The van der Waals surface area contributed by atoms with E-state index in [2.05, 4.69) is 15.6 Å². The van der Waals surface area contributed by atoms with Gasteiger partial charge in [0.1, 0.15) is 0 Å². The Kier molecular flexibility index (Phi) is 6.05. The number of hydrogen-bond acceptors (Lipinski definition) is 8. The van der Waals surface area contributed by atoms with Gasteiger partial charge in [0, 0.05) is 0 Å². The summed E-state index contributed by atoms with van der Waals surface area (Å²) in [5.41, 5.74) is 1.08. The lowest BCUT2D eigenvalue weighted by atomic mass is 10.2. The van der Waals surface area contributed by atoms with Crippen molar-refractivity contribution in [3.8, 4) is 5.69 Å². The molecule has 33 heavy (non-hydrogen) atoms. The minimum atomic E-state index is -0.299. The number of benzene rings is 2. The maximum Gasteiger partial charge on any atom is 0.305 e. The molecule has 4 aromatic rings. The number of ether oxygens (including phenoxy) is 1. The molecule has 0 spiro atoms.